The van der Waals surface area contributed by atoms with E-state index < -0.39 is 6.10 Å². The van der Waals surface area contributed by atoms with Gasteiger partial charge in [0, 0.05) is 19.2 Å². The van der Waals surface area contributed by atoms with Gasteiger partial charge < -0.3 is 19.9 Å². The molecule has 0 aliphatic heterocycles. The van der Waals surface area contributed by atoms with Crippen LogP contribution in [0.1, 0.15) is 30.1 Å². The maximum Gasteiger partial charge on any atom is 0.251 e. The number of ether oxygens (including phenoxy) is 2. The van der Waals surface area contributed by atoms with Crippen LogP contribution in [0.5, 0.6) is 5.75 Å². The molecule has 2 N–H and O–H groups in total. The van der Waals surface area contributed by atoms with Crippen LogP contribution in [0.2, 0.25) is 0 Å². The average molecular weight is 281 g/mol. The van der Waals surface area contributed by atoms with Gasteiger partial charge in [-0.25, -0.2) is 0 Å². The van der Waals surface area contributed by atoms with E-state index in [2.05, 4.69) is 12.2 Å². The molecule has 1 unspecified atom stereocenters. The highest BCUT2D eigenvalue weighted by Crippen LogP contribution is 2.12. The molecule has 1 aromatic carbocycles. The number of methoxy groups -OCH3 is 1. The quantitative estimate of drug-likeness (QED) is 0.675. The first kappa shape index (κ1) is 16.5. The van der Waals surface area contributed by atoms with Crippen molar-refractivity contribution in [1.29, 1.82) is 0 Å². The first-order chi connectivity index (χ1) is 9.67. The zero-order valence-corrected chi connectivity index (χ0v) is 12.1. The topological polar surface area (TPSA) is 67.8 Å². The van der Waals surface area contributed by atoms with Crippen molar-refractivity contribution in [3.8, 4) is 5.75 Å². The van der Waals surface area contributed by atoms with Gasteiger partial charge >= 0.3 is 0 Å². The van der Waals surface area contributed by atoms with Gasteiger partial charge in [-0.3, -0.25) is 4.79 Å². The van der Waals surface area contributed by atoms with Gasteiger partial charge in [-0.15, -0.1) is 0 Å². The summed E-state index contributed by atoms with van der Waals surface area (Å²) in [6.45, 7) is 3.16. The number of unbranched alkanes of at least 4 members (excludes halogenated alkanes) is 1. The third-order valence-electron chi connectivity index (χ3n) is 2.74. The number of carbonyl (C=O) groups is 1. The van der Waals surface area contributed by atoms with E-state index in [-0.39, 0.29) is 19.1 Å². The van der Waals surface area contributed by atoms with Crippen LogP contribution in [-0.2, 0) is 4.74 Å². The van der Waals surface area contributed by atoms with Gasteiger partial charge in [0.2, 0.25) is 0 Å². The molecule has 1 rings (SSSR count). The molecule has 0 bridgehead atoms. The summed E-state index contributed by atoms with van der Waals surface area (Å²) in [6.07, 6.45) is 1.41. The third kappa shape index (κ3) is 6.04. The fourth-order valence-corrected chi connectivity index (χ4v) is 1.60. The van der Waals surface area contributed by atoms with Crippen LogP contribution in [0, 0.1) is 0 Å². The molecule has 20 heavy (non-hydrogen) atoms. The van der Waals surface area contributed by atoms with Crippen LogP contribution in [0.3, 0.4) is 0 Å². The number of hydrogen-bond donors (Lipinski definition) is 2. The second kappa shape index (κ2) is 9.34. The third-order valence-corrected chi connectivity index (χ3v) is 2.74. The monoisotopic (exact) mass is 281 g/mol. The first-order valence-corrected chi connectivity index (χ1v) is 6.85. The van der Waals surface area contributed by atoms with Crippen LogP contribution >= 0.6 is 0 Å². The number of aliphatic hydroxyl groups is 1. The minimum Gasteiger partial charge on any atom is -0.494 e. The second-order valence-corrected chi connectivity index (χ2v) is 4.55. The number of nitrogens with one attached hydrogen (secondary N) is 1. The largest absolute Gasteiger partial charge is 0.494 e. The fraction of sp³-hybridized carbons (Fsp3) is 0.533. The van der Waals surface area contributed by atoms with Crippen LogP contribution in [0.25, 0.3) is 0 Å². The van der Waals surface area contributed by atoms with Crippen molar-refractivity contribution in [2.24, 2.45) is 0 Å². The zero-order chi connectivity index (χ0) is 14.8. The van der Waals surface area contributed by atoms with Crippen molar-refractivity contribution >= 4 is 5.91 Å². The zero-order valence-electron chi connectivity index (χ0n) is 12.1. The van der Waals surface area contributed by atoms with Crippen molar-refractivity contribution in [3.63, 3.8) is 0 Å². The molecule has 1 amide bonds. The van der Waals surface area contributed by atoms with Crippen LogP contribution in [-0.4, -0.2) is 44.0 Å². The van der Waals surface area contributed by atoms with Crippen LogP contribution in [0.4, 0.5) is 0 Å². The van der Waals surface area contributed by atoms with E-state index in [1.54, 1.807) is 24.3 Å². The summed E-state index contributed by atoms with van der Waals surface area (Å²) >= 11 is 0. The van der Waals surface area contributed by atoms with Gasteiger partial charge in [0.05, 0.1) is 19.3 Å². The Bertz CT molecular complexity index is 391. The summed E-state index contributed by atoms with van der Waals surface area (Å²) < 4.78 is 10.3. The van der Waals surface area contributed by atoms with Gasteiger partial charge in [-0.05, 0) is 30.7 Å². The molecule has 0 aromatic heterocycles. The highest BCUT2D eigenvalue weighted by atomic mass is 16.5. The Balaban J connectivity index is 2.40. The molecule has 0 fully saturated rings. The van der Waals surface area contributed by atoms with Crippen LogP contribution in [0.15, 0.2) is 24.3 Å². The van der Waals surface area contributed by atoms with E-state index in [1.165, 1.54) is 7.11 Å². The lowest BCUT2D eigenvalue weighted by Crippen LogP contribution is -2.34. The summed E-state index contributed by atoms with van der Waals surface area (Å²) in [6, 6.07) is 6.96. The molecule has 1 aromatic rings. The lowest BCUT2D eigenvalue weighted by Gasteiger charge is -2.11. The molecule has 0 aliphatic rings. The molecule has 1 atom stereocenters. The number of hydrogen-bond acceptors (Lipinski definition) is 4. The van der Waals surface area contributed by atoms with E-state index in [9.17, 15) is 9.90 Å². The van der Waals surface area contributed by atoms with E-state index in [1.807, 2.05) is 0 Å². The lowest BCUT2D eigenvalue weighted by molar-refractivity contribution is 0.0610. The Hall–Kier alpha value is -1.59. The maximum absolute atomic E-state index is 11.8. The Kier molecular flexibility index (Phi) is 7.69. The smallest absolute Gasteiger partial charge is 0.251 e. The minimum atomic E-state index is -0.694. The van der Waals surface area contributed by atoms with Gasteiger partial charge in [0.15, 0.2) is 0 Å². The van der Waals surface area contributed by atoms with Gasteiger partial charge in [0.1, 0.15) is 5.75 Å². The molecule has 0 saturated heterocycles. The summed E-state index contributed by atoms with van der Waals surface area (Å²) in [5, 5.41) is 12.1. The molecule has 5 nitrogen and oxygen atoms in total. The Labute approximate surface area is 119 Å². The van der Waals surface area contributed by atoms with Crippen molar-refractivity contribution in [2.75, 3.05) is 26.9 Å². The van der Waals surface area contributed by atoms with Gasteiger partial charge in [0.25, 0.3) is 5.91 Å². The molecule has 0 spiro atoms. The summed E-state index contributed by atoms with van der Waals surface area (Å²) in [7, 11) is 1.50. The number of amides is 1. The average Bonchev–Trinajstić information content (AvgIpc) is 2.46. The highest BCUT2D eigenvalue weighted by Gasteiger charge is 2.08. The molecular weight excluding hydrogens is 258 g/mol. The maximum atomic E-state index is 11.8. The van der Waals surface area contributed by atoms with Gasteiger partial charge in [-0.2, -0.15) is 0 Å². The summed E-state index contributed by atoms with van der Waals surface area (Å²) in [5.74, 6) is 0.537. The summed E-state index contributed by atoms with van der Waals surface area (Å²) in [4.78, 5) is 11.8. The van der Waals surface area contributed by atoms with Crippen molar-refractivity contribution < 1.29 is 19.4 Å². The van der Waals surface area contributed by atoms with Crippen molar-refractivity contribution in [1.82, 2.24) is 5.32 Å². The lowest BCUT2D eigenvalue weighted by atomic mass is 10.2. The normalized spacial score (nSPS) is 11.9. The van der Waals surface area contributed by atoms with Crippen molar-refractivity contribution in [3.05, 3.63) is 29.8 Å². The van der Waals surface area contributed by atoms with Crippen LogP contribution < -0.4 is 10.1 Å². The number of aliphatic hydroxyl groups excluding tert-OH is 1. The Morgan fingerprint density at radius 2 is 2.05 bits per heavy atom. The second-order valence-electron chi connectivity index (χ2n) is 4.55. The number of carbonyl (C=O) groups excluding carboxylic acids is 1. The molecule has 112 valence electrons. The Morgan fingerprint density at radius 1 is 1.35 bits per heavy atom. The minimum absolute atomic E-state index is 0.168. The fourth-order valence-electron chi connectivity index (χ4n) is 1.60. The van der Waals surface area contributed by atoms with Crippen molar-refractivity contribution in [2.45, 2.75) is 25.9 Å². The standard InChI is InChI=1S/C15H23NO4/c1-3-4-9-20-14-7-5-12(6-8-14)15(18)16-10-13(17)11-19-2/h5-8,13,17H,3-4,9-11H2,1-2H3,(H,16,18). The van der Waals surface area contributed by atoms with Gasteiger partial charge in [-0.1, -0.05) is 13.3 Å². The number of benzene rings is 1. The van der Waals surface area contributed by atoms with E-state index in [0.29, 0.717) is 12.2 Å². The van der Waals surface area contributed by atoms with E-state index >= 15 is 0 Å². The summed E-state index contributed by atoms with van der Waals surface area (Å²) in [5.41, 5.74) is 0.539. The SMILES string of the molecule is CCCCOc1ccc(C(=O)NCC(O)COC)cc1. The van der Waals surface area contributed by atoms with E-state index in [0.717, 1.165) is 18.6 Å². The Morgan fingerprint density at radius 3 is 2.65 bits per heavy atom. The molecule has 0 heterocycles. The van der Waals surface area contributed by atoms with E-state index in [4.69, 9.17) is 9.47 Å². The predicted octanol–water partition coefficient (Wildman–Crippen LogP) is 1.60. The number of rotatable bonds is 9. The molecule has 0 radical (unpaired) electrons. The molecular formula is C15H23NO4. The molecule has 0 saturated carbocycles. The highest BCUT2D eigenvalue weighted by molar-refractivity contribution is 5.94. The first-order valence-electron chi connectivity index (χ1n) is 6.85. The molecule has 5 heteroatoms. The predicted molar refractivity (Wildman–Crippen MR) is 77.1 cm³/mol. The molecule has 0 aliphatic carbocycles.